The predicted molar refractivity (Wildman–Crippen MR) is 104 cm³/mol. The molecule has 2 aromatic rings. The zero-order chi connectivity index (χ0) is 22.1. The van der Waals surface area contributed by atoms with E-state index < -0.39 is 21.8 Å². The average Bonchev–Trinajstić information content (AvgIpc) is 2.73. The topological polar surface area (TPSA) is 108 Å². The van der Waals surface area contributed by atoms with Gasteiger partial charge in [-0.05, 0) is 36.4 Å². The van der Waals surface area contributed by atoms with Gasteiger partial charge in [0, 0.05) is 37.3 Å². The van der Waals surface area contributed by atoms with Crippen molar-refractivity contribution in [1.82, 2.24) is 9.21 Å². The number of sulfonamides is 1. The standard InChI is InChI=1S/C19H19F3N4O3S/c20-19(21,22)15-5-7-16(8-6-15)30(28,29)26-11-9-25(10-12-26)18(27)14-3-1-13(2-4-14)17(23)24/h1-8H,9-12H2,(H3,23,24). The second kappa shape index (κ2) is 8.07. The summed E-state index contributed by atoms with van der Waals surface area (Å²) in [5.74, 6) is -0.396. The van der Waals surface area contributed by atoms with Crippen LogP contribution in [0.1, 0.15) is 21.5 Å². The highest BCUT2D eigenvalue weighted by molar-refractivity contribution is 7.89. The predicted octanol–water partition coefficient (Wildman–Crippen LogP) is 2.14. The third kappa shape index (κ3) is 4.46. The summed E-state index contributed by atoms with van der Waals surface area (Å²) in [7, 11) is -3.96. The van der Waals surface area contributed by atoms with Crippen molar-refractivity contribution >= 4 is 21.8 Å². The molecule has 0 atom stereocenters. The maximum Gasteiger partial charge on any atom is 0.416 e. The Balaban J connectivity index is 1.66. The van der Waals surface area contributed by atoms with E-state index in [0.717, 1.165) is 28.6 Å². The molecule has 7 nitrogen and oxygen atoms in total. The van der Waals surface area contributed by atoms with Crippen LogP contribution in [0.4, 0.5) is 13.2 Å². The van der Waals surface area contributed by atoms with E-state index in [1.807, 2.05) is 0 Å². The minimum absolute atomic E-state index is 0.0284. The zero-order valence-electron chi connectivity index (χ0n) is 15.7. The Morgan fingerprint density at radius 1 is 0.900 bits per heavy atom. The zero-order valence-corrected chi connectivity index (χ0v) is 16.5. The molecule has 1 amide bonds. The first-order valence-corrected chi connectivity index (χ1v) is 10.4. The molecule has 0 spiro atoms. The van der Waals surface area contributed by atoms with Crippen LogP contribution in [0, 0.1) is 5.41 Å². The molecule has 3 rings (SSSR count). The summed E-state index contributed by atoms with van der Waals surface area (Å²) in [6.07, 6.45) is -4.54. The van der Waals surface area contributed by atoms with Crippen molar-refractivity contribution in [2.75, 3.05) is 26.2 Å². The van der Waals surface area contributed by atoms with Crippen LogP contribution in [0.3, 0.4) is 0 Å². The highest BCUT2D eigenvalue weighted by Gasteiger charge is 2.33. The lowest BCUT2D eigenvalue weighted by Gasteiger charge is -2.34. The number of rotatable bonds is 4. The van der Waals surface area contributed by atoms with Gasteiger partial charge in [-0.1, -0.05) is 12.1 Å². The van der Waals surface area contributed by atoms with Crippen LogP contribution in [-0.2, 0) is 16.2 Å². The Bertz CT molecular complexity index is 1040. The number of halogens is 3. The Labute approximate surface area is 171 Å². The number of carbonyl (C=O) groups is 1. The fourth-order valence-electron chi connectivity index (χ4n) is 3.07. The molecule has 11 heteroatoms. The van der Waals surface area contributed by atoms with Crippen LogP contribution >= 0.6 is 0 Å². The number of benzene rings is 2. The summed E-state index contributed by atoms with van der Waals surface area (Å²) in [6, 6.07) is 9.55. The summed E-state index contributed by atoms with van der Waals surface area (Å²) in [5, 5.41) is 7.37. The molecule has 0 radical (unpaired) electrons. The van der Waals surface area contributed by atoms with Crippen molar-refractivity contribution in [3.63, 3.8) is 0 Å². The molecule has 0 aliphatic carbocycles. The van der Waals surface area contributed by atoms with E-state index in [-0.39, 0.29) is 42.8 Å². The lowest BCUT2D eigenvalue weighted by Crippen LogP contribution is -2.50. The van der Waals surface area contributed by atoms with Gasteiger partial charge in [-0.15, -0.1) is 0 Å². The van der Waals surface area contributed by atoms with Crippen molar-refractivity contribution in [3.8, 4) is 0 Å². The minimum atomic E-state index is -4.54. The van der Waals surface area contributed by atoms with E-state index in [1.165, 1.54) is 4.90 Å². The maximum absolute atomic E-state index is 12.7. The van der Waals surface area contributed by atoms with Gasteiger partial charge in [0.1, 0.15) is 5.84 Å². The number of alkyl halides is 3. The summed E-state index contributed by atoms with van der Waals surface area (Å²) in [6.45, 7) is 0.349. The largest absolute Gasteiger partial charge is 0.416 e. The number of carbonyl (C=O) groups excluding carboxylic acids is 1. The molecule has 2 aromatic carbocycles. The molecule has 0 bridgehead atoms. The van der Waals surface area contributed by atoms with Crippen LogP contribution < -0.4 is 5.73 Å². The molecule has 30 heavy (non-hydrogen) atoms. The van der Waals surface area contributed by atoms with Gasteiger partial charge in [0.2, 0.25) is 10.0 Å². The van der Waals surface area contributed by atoms with E-state index in [4.69, 9.17) is 11.1 Å². The average molecular weight is 440 g/mol. The SMILES string of the molecule is N=C(N)c1ccc(C(=O)N2CCN(S(=O)(=O)c3ccc(C(F)(F)F)cc3)CC2)cc1. The number of amides is 1. The number of amidine groups is 1. The van der Waals surface area contributed by atoms with E-state index >= 15 is 0 Å². The van der Waals surface area contributed by atoms with Gasteiger partial charge in [-0.25, -0.2) is 8.42 Å². The third-order valence-corrected chi connectivity index (χ3v) is 6.70. The molecule has 0 unspecified atom stereocenters. The molecular formula is C19H19F3N4O3S. The first-order chi connectivity index (χ1) is 14.0. The van der Waals surface area contributed by atoms with Crippen LogP contribution in [0.25, 0.3) is 0 Å². The Kier molecular flexibility index (Phi) is 5.86. The Morgan fingerprint density at radius 2 is 1.40 bits per heavy atom. The number of nitrogens with two attached hydrogens (primary N) is 1. The summed E-state index contributed by atoms with van der Waals surface area (Å²) < 4.78 is 64.6. The number of hydrogen-bond donors (Lipinski definition) is 2. The highest BCUT2D eigenvalue weighted by atomic mass is 32.2. The molecule has 1 aliphatic rings. The molecular weight excluding hydrogens is 421 g/mol. The minimum Gasteiger partial charge on any atom is -0.384 e. The van der Waals surface area contributed by atoms with Crippen molar-refractivity contribution < 1.29 is 26.4 Å². The van der Waals surface area contributed by atoms with Crippen molar-refractivity contribution in [2.45, 2.75) is 11.1 Å². The van der Waals surface area contributed by atoms with E-state index in [2.05, 4.69) is 0 Å². The molecule has 0 saturated carbocycles. The number of piperazine rings is 1. The Hall–Kier alpha value is -2.92. The van der Waals surface area contributed by atoms with Crippen LogP contribution in [0.5, 0.6) is 0 Å². The van der Waals surface area contributed by atoms with E-state index in [9.17, 15) is 26.4 Å². The van der Waals surface area contributed by atoms with Gasteiger partial charge < -0.3 is 10.6 Å². The number of nitrogens with one attached hydrogen (secondary N) is 1. The van der Waals surface area contributed by atoms with E-state index in [1.54, 1.807) is 24.3 Å². The highest BCUT2D eigenvalue weighted by Crippen LogP contribution is 2.30. The molecule has 160 valence electrons. The van der Waals surface area contributed by atoms with Gasteiger partial charge in [0.25, 0.3) is 5.91 Å². The molecule has 3 N–H and O–H groups in total. The summed E-state index contributed by atoms with van der Waals surface area (Å²) in [4.78, 5) is 13.9. The lowest BCUT2D eigenvalue weighted by atomic mass is 10.1. The Morgan fingerprint density at radius 3 is 1.87 bits per heavy atom. The lowest BCUT2D eigenvalue weighted by molar-refractivity contribution is -0.137. The van der Waals surface area contributed by atoms with Crippen molar-refractivity contribution in [1.29, 1.82) is 5.41 Å². The molecule has 0 aromatic heterocycles. The first kappa shape index (κ1) is 21.8. The second-order valence-corrected chi connectivity index (χ2v) is 8.65. The second-order valence-electron chi connectivity index (χ2n) is 6.71. The van der Waals surface area contributed by atoms with Crippen LogP contribution in [-0.4, -0.2) is 55.5 Å². The molecule has 1 heterocycles. The van der Waals surface area contributed by atoms with Gasteiger partial charge in [0.15, 0.2) is 0 Å². The van der Waals surface area contributed by atoms with Crippen molar-refractivity contribution in [3.05, 3.63) is 65.2 Å². The van der Waals surface area contributed by atoms with E-state index in [0.29, 0.717) is 11.1 Å². The quantitative estimate of drug-likeness (QED) is 0.561. The third-order valence-electron chi connectivity index (χ3n) is 4.79. The smallest absolute Gasteiger partial charge is 0.384 e. The number of nitrogens with zero attached hydrogens (tertiary/aromatic N) is 2. The monoisotopic (exact) mass is 440 g/mol. The maximum atomic E-state index is 12.7. The number of hydrogen-bond acceptors (Lipinski definition) is 4. The summed E-state index contributed by atoms with van der Waals surface area (Å²) in [5.41, 5.74) is 5.34. The molecule has 1 saturated heterocycles. The fraction of sp³-hybridized carbons (Fsp3) is 0.263. The fourth-order valence-corrected chi connectivity index (χ4v) is 4.49. The molecule has 1 fully saturated rings. The van der Waals surface area contributed by atoms with Crippen LogP contribution in [0.2, 0.25) is 0 Å². The number of nitrogen functional groups attached to an aromatic ring is 1. The van der Waals surface area contributed by atoms with Gasteiger partial charge in [0.05, 0.1) is 10.5 Å². The first-order valence-electron chi connectivity index (χ1n) is 8.91. The van der Waals surface area contributed by atoms with Crippen molar-refractivity contribution in [2.24, 2.45) is 5.73 Å². The molecule has 1 aliphatic heterocycles. The van der Waals surface area contributed by atoms with Gasteiger partial charge >= 0.3 is 6.18 Å². The van der Waals surface area contributed by atoms with Crippen LogP contribution in [0.15, 0.2) is 53.4 Å². The normalized spacial score (nSPS) is 15.8. The summed E-state index contributed by atoms with van der Waals surface area (Å²) >= 11 is 0. The van der Waals surface area contributed by atoms with Gasteiger partial charge in [-0.3, -0.25) is 10.2 Å². The van der Waals surface area contributed by atoms with Gasteiger partial charge in [-0.2, -0.15) is 17.5 Å².